The van der Waals surface area contributed by atoms with Gasteiger partial charge in [-0.25, -0.2) is 0 Å². The Labute approximate surface area is 130 Å². The summed E-state index contributed by atoms with van der Waals surface area (Å²) in [6.07, 6.45) is 2.82. The first-order valence-corrected chi connectivity index (χ1v) is 8.39. The third-order valence-corrected chi connectivity index (χ3v) is 4.90. The van der Waals surface area contributed by atoms with Crippen molar-refractivity contribution < 1.29 is 0 Å². The summed E-state index contributed by atoms with van der Waals surface area (Å²) in [5.41, 5.74) is 2.16. The molecule has 0 radical (unpaired) electrons. The molecular formula is C15H22ClN3S. The van der Waals surface area contributed by atoms with Gasteiger partial charge in [0.2, 0.25) is 0 Å². The Kier molecular flexibility index (Phi) is 5.64. The molecule has 0 spiro atoms. The molecule has 2 heterocycles. The second kappa shape index (κ2) is 7.25. The average molecular weight is 312 g/mol. The molecule has 0 amide bonds. The minimum atomic E-state index is 0.387. The number of likely N-dealkylation sites (N-methyl/N-ethyl adjacent to an activating group) is 1. The summed E-state index contributed by atoms with van der Waals surface area (Å²) >= 11 is 8.29. The molecule has 0 aromatic carbocycles. The second-order valence-electron chi connectivity index (χ2n) is 4.85. The van der Waals surface area contributed by atoms with Crippen LogP contribution in [0.15, 0.2) is 17.5 Å². The Hall–Kier alpha value is -0.840. The number of aromatic nitrogens is 2. The summed E-state index contributed by atoms with van der Waals surface area (Å²) in [4.78, 5) is 1.40. The van der Waals surface area contributed by atoms with E-state index in [0.717, 1.165) is 42.2 Å². The van der Waals surface area contributed by atoms with E-state index >= 15 is 0 Å². The maximum absolute atomic E-state index is 6.48. The highest BCUT2D eigenvalue weighted by molar-refractivity contribution is 7.09. The Balaban J connectivity index is 2.16. The average Bonchev–Trinajstić information content (AvgIpc) is 3.07. The lowest BCUT2D eigenvalue weighted by atomic mass is 10.1. The molecule has 0 aliphatic rings. The summed E-state index contributed by atoms with van der Waals surface area (Å²) < 4.78 is 2.04. The summed E-state index contributed by atoms with van der Waals surface area (Å²) in [5, 5.41) is 11.0. The van der Waals surface area contributed by atoms with Crippen molar-refractivity contribution in [3.05, 3.63) is 38.8 Å². The minimum Gasteiger partial charge on any atom is -0.316 e. The van der Waals surface area contributed by atoms with E-state index in [9.17, 15) is 0 Å². The molecule has 3 nitrogen and oxygen atoms in total. The number of rotatable bonds is 7. The van der Waals surface area contributed by atoms with E-state index in [-0.39, 0.29) is 0 Å². The molecule has 0 saturated carbocycles. The van der Waals surface area contributed by atoms with Gasteiger partial charge < -0.3 is 5.32 Å². The lowest BCUT2D eigenvalue weighted by Crippen LogP contribution is -2.30. The fourth-order valence-electron chi connectivity index (χ4n) is 2.39. The van der Waals surface area contributed by atoms with Gasteiger partial charge >= 0.3 is 0 Å². The monoisotopic (exact) mass is 311 g/mol. The number of nitrogens with one attached hydrogen (secondary N) is 1. The summed E-state index contributed by atoms with van der Waals surface area (Å²) in [7, 11) is 2.01. The third kappa shape index (κ3) is 3.43. The number of hydrogen-bond acceptors (Lipinski definition) is 3. The first-order chi connectivity index (χ1) is 9.69. The minimum absolute atomic E-state index is 0.387. The van der Waals surface area contributed by atoms with E-state index in [1.54, 1.807) is 11.3 Å². The van der Waals surface area contributed by atoms with Crippen molar-refractivity contribution in [2.75, 3.05) is 7.05 Å². The first-order valence-electron chi connectivity index (χ1n) is 7.13. The lowest BCUT2D eigenvalue weighted by molar-refractivity contribution is 0.522. The van der Waals surface area contributed by atoms with Crippen molar-refractivity contribution in [1.82, 2.24) is 15.1 Å². The topological polar surface area (TPSA) is 29.9 Å². The van der Waals surface area contributed by atoms with Crippen molar-refractivity contribution >= 4 is 22.9 Å². The van der Waals surface area contributed by atoms with Crippen LogP contribution in [0.5, 0.6) is 0 Å². The molecule has 110 valence electrons. The fraction of sp³-hybridized carbons (Fsp3) is 0.533. The molecule has 1 atom stereocenters. The number of hydrogen-bond donors (Lipinski definition) is 1. The maximum Gasteiger partial charge on any atom is 0.0850 e. The molecule has 0 fully saturated rings. The van der Waals surface area contributed by atoms with Crippen molar-refractivity contribution in [3.8, 4) is 0 Å². The number of aryl methyl sites for hydroxylation is 2. The number of halogens is 1. The summed E-state index contributed by atoms with van der Waals surface area (Å²) in [5.74, 6) is 0. The highest BCUT2D eigenvalue weighted by atomic mass is 35.5. The van der Waals surface area contributed by atoms with Crippen LogP contribution < -0.4 is 5.32 Å². The van der Waals surface area contributed by atoms with Gasteiger partial charge in [0.05, 0.1) is 16.4 Å². The lowest BCUT2D eigenvalue weighted by Gasteiger charge is -2.16. The van der Waals surface area contributed by atoms with E-state index in [1.807, 2.05) is 11.7 Å². The van der Waals surface area contributed by atoms with Gasteiger partial charge in [-0.3, -0.25) is 4.68 Å². The largest absolute Gasteiger partial charge is 0.316 e. The Morgan fingerprint density at radius 1 is 1.40 bits per heavy atom. The standard InChI is InChI=1S/C15H22ClN3S/c1-4-13-15(16)14(19(5-2)18-13)10-11(17-3)9-12-7-6-8-20-12/h6-8,11,17H,4-5,9-10H2,1-3H3. The van der Waals surface area contributed by atoms with Gasteiger partial charge in [-0.2, -0.15) is 5.10 Å². The van der Waals surface area contributed by atoms with E-state index < -0.39 is 0 Å². The van der Waals surface area contributed by atoms with Crippen LogP contribution in [0, 0.1) is 0 Å². The van der Waals surface area contributed by atoms with Crippen LogP contribution in [0.3, 0.4) is 0 Å². The van der Waals surface area contributed by atoms with E-state index in [1.165, 1.54) is 4.88 Å². The van der Waals surface area contributed by atoms with Crippen LogP contribution in [0.25, 0.3) is 0 Å². The first kappa shape index (κ1) is 15.5. The Morgan fingerprint density at radius 2 is 2.20 bits per heavy atom. The van der Waals surface area contributed by atoms with E-state index in [4.69, 9.17) is 11.6 Å². The van der Waals surface area contributed by atoms with E-state index in [2.05, 4.69) is 41.8 Å². The predicted octanol–water partition coefficient (Wildman–Crippen LogP) is 3.55. The van der Waals surface area contributed by atoms with Crippen LogP contribution >= 0.6 is 22.9 Å². The van der Waals surface area contributed by atoms with Crippen molar-refractivity contribution in [3.63, 3.8) is 0 Å². The van der Waals surface area contributed by atoms with Gasteiger partial charge in [0, 0.05) is 23.9 Å². The highest BCUT2D eigenvalue weighted by Gasteiger charge is 2.18. The molecular weight excluding hydrogens is 290 g/mol. The fourth-order valence-corrected chi connectivity index (χ4v) is 3.53. The third-order valence-electron chi connectivity index (χ3n) is 3.57. The molecule has 0 bridgehead atoms. The molecule has 0 saturated heterocycles. The molecule has 2 aromatic rings. The Morgan fingerprint density at radius 3 is 2.75 bits per heavy atom. The van der Waals surface area contributed by atoms with Crippen molar-refractivity contribution in [2.24, 2.45) is 0 Å². The molecule has 1 N–H and O–H groups in total. The van der Waals surface area contributed by atoms with Crippen molar-refractivity contribution in [2.45, 2.75) is 45.7 Å². The molecule has 0 aliphatic carbocycles. The van der Waals surface area contributed by atoms with Crippen LogP contribution in [-0.4, -0.2) is 22.9 Å². The highest BCUT2D eigenvalue weighted by Crippen LogP contribution is 2.24. The predicted molar refractivity (Wildman–Crippen MR) is 86.9 cm³/mol. The number of nitrogens with zero attached hydrogens (tertiary/aromatic N) is 2. The summed E-state index contributed by atoms with van der Waals surface area (Å²) in [6, 6.07) is 4.67. The van der Waals surface area contributed by atoms with Gasteiger partial charge in [0.1, 0.15) is 0 Å². The molecule has 1 unspecified atom stereocenters. The van der Waals surface area contributed by atoms with Gasteiger partial charge in [0.15, 0.2) is 0 Å². The zero-order chi connectivity index (χ0) is 14.5. The van der Waals surface area contributed by atoms with E-state index in [0.29, 0.717) is 6.04 Å². The van der Waals surface area contributed by atoms with Crippen LogP contribution in [0.2, 0.25) is 5.02 Å². The van der Waals surface area contributed by atoms with Gasteiger partial charge in [-0.15, -0.1) is 11.3 Å². The smallest absolute Gasteiger partial charge is 0.0850 e. The maximum atomic E-state index is 6.48. The van der Waals surface area contributed by atoms with Gasteiger partial charge in [0.25, 0.3) is 0 Å². The summed E-state index contributed by atoms with van der Waals surface area (Å²) in [6.45, 7) is 5.07. The molecule has 20 heavy (non-hydrogen) atoms. The van der Waals surface area contributed by atoms with Gasteiger partial charge in [-0.1, -0.05) is 24.6 Å². The quantitative estimate of drug-likeness (QED) is 0.847. The normalized spacial score (nSPS) is 12.8. The Bertz CT molecular complexity index is 534. The van der Waals surface area contributed by atoms with Crippen LogP contribution in [0.4, 0.5) is 0 Å². The molecule has 0 aliphatic heterocycles. The SMILES string of the molecule is CCc1nn(CC)c(CC(Cc2cccs2)NC)c1Cl. The van der Waals surface area contributed by atoms with Gasteiger partial charge in [-0.05, 0) is 38.3 Å². The zero-order valence-corrected chi connectivity index (χ0v) is 13.9. The zero-order valence-electron chi connectivity index (χ0n) is 12.3. The molecule has 2 aromatic heterocycles. The van der Waals surface area contributed by atoms with Crippen LogP contribution in [0.1, 0.15) is 30.1 Å². The second-order valence-corrected chi connectivity index (χ2v) is 6.26. The van der Waals surface area contributed by atoms with Crippen molar-refractivity contribution in [1.29, 1.82) is 0 Å². The molecule has 2 rings (SSSR count). The number of thiophene rings is 1. The van der Waals surface area contributed by atoms with Crippen LogP contribution in [-0.2, 0) is 25.8 Å². The molecule has 5 heteroatoms.